The molecule has 1 aliphatic heterocycles. The smallest absolute Gasteiger partial charge is 0.242 e. The first-order chi connectivity index (χ1) is 14.0. The Kier molecular flexibility index (Phi) is 5.69. The molecule has 5 nitrogen and oxygen atoms in total. The van der Waals surface area contributed by atoms with Crippen LogP contribution in [-0.2, 0) is 9.59 Å². The molecule has 1 heterocycles. The standard InChI is InChI=1S/C22H18BrN3O2S/c1-26-21(28)19(13-20(27)24-16-11-9-15(23)10-12-16)29-22(26)25-18-8-4-6-14-5-2-3-7-17(14)18/h2-12,19H,13H2,1H3,(H,24,27). The van der Waals surface area contributed by atoms with E-state index in [0.717, 1.165) is 20.9 Å². The Morgan fingerprint density at radius 2 is 1.83 bits per heavy atom. The maximum absolute atomic E-state index is 12.6. The number of fused-ring (bicyclic) bond motifs is 1. The van der Waals surface area contributed by atoms with Gasteiger partial charge in [0.2, 0.25) is 11.8 Å². The van der Waals surface area contributed by atoms with E-state index in [4.69, 9.17) is 4.99 Å². The predicted octanol–water partition coefficient (Wildman–Crippen LogP) is 5.19. The highest BCUT2D eigenvalue weighted by atomic mass is 79.9. The molecule has 0 aromatic heterocycles. The third-order valence-electron chi connectivity index (χ3n) is 4.62. The van der Waals surface area contributed by atoms with Crippen molar-refractivity contribution in [3.63, 3.8) is 0 Å². The van der Waals surface area contributed by atoms with Gasteiger partial charge in [-0.3, -0.25) is 14.5 Å². The predicted molar refractivity (Wildman–Crippen MR) is 123 cm³/mol. The number of amidine groups is 1. The molecule has 2 amide bonds. The first kappa shape index (κ1) is 19.7. The molecule has 1 aliphatic rings. The zero-order valence-corrected chi connectivity index (χ0v) is 18.0. The average molecular weight is 468 g/mol. The van der Waals surface area contributed by atoms with Crippen LogP contribution < -0.4 is 5.32 Å². The van der Waals surface area contributed by atoms with E-state index in [1.165, 1.54) is 16.7 Å². The molecule has 1 atom stereocenters. The van der Waals surface area contributed by atoms with E-state index in [2.05, 4.69) is 21.2 Å². The van der Waals surface area contributed by atoms with Crippen LogP contribution in [0.25, 0.3) is 10.8 Å². The fourth-order valence-electron chi connectivity index (χ4n) is 3.12. The lowest BCUT2D eigenvalue weighted by Gasteiger charge is -2.10. The number of benzene rings is 3. The molecule has 0 saturated carbocycles. The molecule has 3 aromatic carbocycles. The lowest BCUT2D eigenvalue weighted by Crippen LogP contribution is -2.30. The summed E-state index contributed by atoms with van der Waals surface area (Å²) in [4.78, 5) is 31.3. The van der Waals surface area contributed by atoms with Crippen LogP contribution in [0.5, 0.6) is 0 Å². The summed E-state index contributed by atoms with van der Waals surface area (Å²) in [5.74, 6) is -0.307. The molecule has 4 rings (SSSR count). The minimum Gasteiger partial charge on any atom is -0.326 e. The fraction of sp³-hybridized carbons (Fsp3) is 0.136. The highest BCUT2D eigenvalue weighted by molar-refractivity contribution is 9.10. The molecule has 1 unspecified atom stereocenters. The number of rotatable bonds is 4. The normalized spacial score (nSPS) is 17.9. The van der Waals surface area contributed by atoms with E-state index in [-0.39, 0.29) is 18.2 Å². The summed E-state index contributed by atoms with van der Waals surface area (Å²) in [6, 6.07) is 21.2. The quantitative estimate of drug-likeness (QED) is 0.573. The SMILES string of the molecule is CN1C(=O)C(CC(=O)Nc2ccc(Br)cc2)SC1=Nc1cccc2ccccc12. The molecule has 146 valence electrons. The average Bonchev–Trinajstić information content (AvgIpc) is 2.98. The van der Waals surface area contributed by atoms with Crippen molar-refractivity contribution in [2.24, 2.45) is 4.99 Å². The first-order valence-corrected chi connectivity index (χ1v) is 10.7. The van der Waals surface area contributed by atoms with E-state index in [1.54, 1.807) is 7.05 Å². The van der Waals surface area contributed by atoms with Gasteiger partial charge in [-0.25, -0.2) is 4.99 Å². The number of anilines is 1. The van der Waals surface area contributed by atoms with Crippen LogP contribution in [0.1, 0.15) is 6.42 Å². The largest absolute Gasteiger partial charge is 0.326 e. The number of thioether (sulfide) groups is 1. The molecule has 0 spiro atoms. The molecule has 1 saturated heterocycles. The first-order valence-electron chi connectivity index (χ1n) is 9.07. The van der Waals surface area contributed by atoms with Crippen molar-refractivity contribution in [3.05, 3.63) is 71.2 Å². The van der Waals surface area contributed by atoms with Crippen LogP contribution >= 0.6 is 27.7 Å². The molecular formula is C22H18BrN3O2S. The monoisotopic (exact) mass is 467 g/mol. The van der Waals surface area contributed by atoms with Gasteiger partial charge in [0.1, 0.15) is 5.25 Å². The van der Waals surface area contributed by atoms with E-state index < -0.39 is 5.25 Å². The number of hydrogen-bond donors (Lipinski definition) is 1. The van der Waals surface area contributed by atoms with Crippen molar-refractivity contribution in [1.29, 1.82) is 0 Å². The third-order valence-corrected chi connectivity index (χ3v) is 6.38. The number of amides is 2. The van der Waals surface area contributed by atoms with E-state index in [1.807, 2.05) is 66.7 Å². The minimum absolute atomic E-state index is 0.0957. The second-order valence-corrected chi connectivity index (χ2v) is 8.74. The van der Waals surface area contributed by atoms with Crippen LogP contribution in [-0.4, -0.2) is 34.2 Å². The summed E-state index contributed by atoms with van der Waals surface area (Å²) in [6.45, 7) is 0. The maximum Gasteiger partial charge on any atom is 0.242 e. The molecule has 3 aromatic rings. The summed E-state index contributed by atoms with van der Waals surface area (Å²) in [5, 5.41) is 5.08. The van der Waals surface area contributed by atoms with Crippen LogP contribution in [0.3, 0.4) is 0 Å². The van der Waals surface area contributed by atoms with Crippen molar-refractivity contribution < 1.29 is 9.59 Å². The molecule has 0 aliphatic carbocycles. The Morgan fingerprint density at radius 3 is 2.62 bits per heavy atom. The Morgan fingerprint density at radius 1 is 1.10 bits per heavy atom. The van der Waals surface area contributed by atoms with Gasteiger partial charge in [0.05, 0.1) is 5.69 Å². The zero-order valence-electron chi connectivity index (χ0n) is 15.6. The third kappa shape index (κ3) is 4.36. The number of halogens is 1. The molecule has 29 heavy (non-hydrogen) atoms. The van der Waals surface area contributed by atoms with Crippen molar-refractivity contribution in [2.45, 2.75) is 11.7 Å². The van der Waals surface area contributed by atoms with Crippen LogP contribution in [0.4, 0.5) is 11.4 Å². The van der Waals surface area contributed by atoms with Crippen LogP contribution in [0.2, 0.25) is 0 Å². The molecule has 1 fully saturated rings. The Hall–Kier alpha value is -2.64. The summed E-state index contributed by atoms with van der Waals surface area (Å²) in [7, 11) is 1.70. The Labute approximate surface area is 181 Å². The molecule has 1 N–H and O–H groups in total. The van der Waals surface area contributed by atoms with E-state index >= 15 is 0 Å². The number of carbonyl (C=O) groups excluding carboxylic acids is 2. The highest BCUT2D eigenvalue weighted by Crippen LogP contribution is 2.33. The number of nitrogens with zero attached hydrogens (tertiary/aromatic N) is 2. The minimum atomic E-state index is -0.482. The number of hydrogen-bond acceptors (Lipinski definition) is 4. The molecule has 7 heteroatoms. The summed E-state index contributed by atoms with van der Waals surface area (Å²) in [6.07, 6.45) is 0.0957. The van der Waals surface area contributed by atoms with Crippen molar-refractivity contribution in [1.82, 2.24) is 4.90 Å². The van der Waals surface area contributed by atoms with Gasteiger partial charge >= 0.3 is 0 Å². The van der Waals surface area contributed by atoms with Gasteiger partial charge in [-0.05, 0) is 35.7 Å². The number of nitrogens with one attached hydrogen (secondary N) is 1. The number of aliphatic imine (C=N–C) groups is 1. The lowest BCUT2D eigenvalue weighted by atomic mass is 10.1. The Balaban J connectivity index is 1.50. The van der Waals surface area contributed by atoms with Crippen molar-refractivity contribution in [3.8, 4) is 0 Å². The number of carbonyl (C=O) groups is 2. The zero-order chi connectivity index (χ0) is 20.4. The highest BCUT2D eigenvalue weighted by Gasteiger charge is 2.37. The Bertz CT molecular complexity index is 1110. The van der Waals surface area contributed by atoms with Gasteiger partial charge in [-0.2, -0.15) is 0 Å². The van der Waals surface area contributed by atoms with Crippen LogP contribution in [0, 0.1) is 0 Å². The van der Waals surface area contributed by atoms with Gasteiger partial charge in [-0.1, -0.05) is 64.1 Å². The molecular weight excluding hydrogens is 450 g/mol. The van der Waals surface area contributed by atoms with Crippen LogP contribution in [0.15, 0.2) is 76.2 Å². The van der Waals surface area contributed by atoms with E-state index in [9.17, 15) is 9.59 Å². The molecule has 0 radical (unpaired) electrons. The van der Waals surface area contributed by atoms with Gasteiger partial charge in [-0.15, -0.1) is 0 Å². The van der Waals surface area contributed by atoms with E-state index in [0.29, 0.717) is 10.9 Å². The lowest BCUT2D eigenvalue weighted by molar-refractivity contribution is -0.127. The van der Waals surface area contributed by atoms with Gasteiger partial charge in [0.15, 0.2) is 5.17 Å². The second-order valence-electron chi connectivity index (χ2n) is 6.66. The topological polar surface area (TPSA) is 61.8 Å². The maximum atomic E-state index is 12.6. The van der Waals surface area contributed by atoms with Gasteiger partial charge in [0, 0.05) is 29.0 Å². The summed E-state index contributed by atoms with van der Waals surface area (Å²) in [5.41, 5.74) is 1.51. The van der Waals surface area contributed by atoms with Crippen molar-refractivity contribution >= 4 is 66.8 Å². The summed E-state index contributed by atoms with van der Waals surface area (Å²) < 4.78 is 0.938. The fourth-order valence-corrected chi connectivity index (χ4v) is 4.53. The second kappa shape index (κ2) is 8.39. The van der Waals surface area contributed by atoms with Gasteiger partial charge in [0.25, 0.3) is 0 Å². The van der Waals surface area contributed by atoms with Crippen molar-refractivity contribution in [2.75, 3.05) is 12.4 Å². The summed E-state index contributed by atoms with van der Waals surface area (Å²) >= 11 is 4.70. The molecule has 0 bridgehead atoms. The van der Waals surface area contributed by atoms with Gasteiger partial charge < -0.3 is 5.32 Å².